The Morgan fingerprint density at radius 1 is 1.08 bits per heavy atom. The maximum Gasteiger partial charge on any atom is 0.389 e. The fourth-order valence-electron chi connectivity index (χ4n) is 5.43. The molecular weight excluding hydrogens is 518 g/mol. The van der Waals surface area contributed by atoms with E-state index in [1.54, 1.807) is 11.0 Å². The predicted molar refractivity (Wildman–Crippen MR) is 140 cm³/mol. The van der Waals surface area contributed by atoms with Gasteiger partial charge < -0.3 is 29.9 Å². The number of urea groups is 1. The SMILES string of the molecule is Cc1ccc(NC(=O)N2CC[C@@H](CC(F)(F)F)C2)cc1-c1cc(N2CCOCC2)nc(N2C[C@H](O)[C@@H](F)C2)c1. The quantitative estimate of drug-likeness (QED) is 0.542. The van der Waals surface area contributed by atoms with E-state index in [-0.39, 0.29) is 26.2 Å². The minimum atomic E-state index is -4.25. The molecule has 3 saturated heterocycles. The van der Waals surface area contributed by atoms with E-state index in [1.807, 2.05) is 31.2 Å². The van der Waals surface area contributed by atoms with Crippen molar-refractivity contribution in [3.05, 3.63) is 35.9 Å². The van der Waals surface area contributed by atoms with Crippen molar-refractivity contribution in [2.24, 2.45) is 5.92 Å². The third kappa shape index (κ3) is 6.55. The second kappa shape index (κ2) is 11.2. The van der Waals surface area contributed by atoms with Crippen molar-refractivity contribution in [1.82, 2.24) is 9.88 Å². The van der Waals surface area contributed by atoms with Gasteiger partial charge in [0.2, 0.25) is 0 Å². The summed E-state index contributed by atoms with van der Waals surface area (Å²) in [5.41, 5.74) is 3.11. The van der Waals surface area contributed by atoms with Crippen molar-refractivity contribution in [2.75, 3.05) is 67.6 Å². The number of anilines is 3. The first-order chi connectivity index (χ1) is 18.6. The molecule has 3 aliphatic heterocycles. The standard InChI is InChI=1S/C27H33F4N5O3/c1-17-2-3-20(32-26(38)35-5-4-18(14-35)13-27(29,30)31)12-21(17)19-10-24(34-6-8-39-9-7-34)33-25(11-19)36-15-22(28)23(37)16-36/h2-3,10-12,18,22-23,37H,4-9,13-16H2,1H3,(H,32,38)/t18-,22-,23-/m0/s1. The van der Waals surface area contributed by atoms with Crippen LogP contribution in [0.15, 0.2) is 30.3 Å². The zero-order chi connectivity index (χ0) is 27.7. The highest BCUT2D eigenvalue weighted by atomic mass is 19.4. The highest BCUT2D eigenvalue weighted by Crippen LogP contribution is 2.34. The van der Waals surface area contributed by atoms with Crippen molar-refractivity contribution in [3.8, 4) is 11.1 Å². The van der Waals surface area contributed by atoms with E-state index in [1.165, 1.54) is 4.90 Å². The Bertz CT molecular complexity index is 1180. The maximum atomic E-state index is 14.2. The monoisotopic (exact) mass is 551 g/mol. The molecule has 0 aliphatic carbocycles. The van der Waals surface area contributed by atoms with Gasteiger partial charge in [-0.05, 0) is 60.2 Å². The van der Waals surface area contributed by atoms with Crippen LogP contribution in [-0.2, 0) is 4.74 Å². The lowest BCUT2D eigenvalue weighted by molar-refractivity contribution is -0.143. The number of nitrogens with one attached hydrogen (secondary N) is 1. The minimum absolute atomic E-state index is 0.0421. The van der Waals surface area contributed by atoms with Crippen LogP contribution < -0.4 is 15.1 Å². The van der Waals surface area contributed by atoms with E-state index < -0.39 is 36.8 Å². The number of aryl methyl sites for hydroxylation is 1. The second-order valence-electron chi connectivity index (χ2n) is 10.5. The first-order valence-corrected chi connectivity index (χ1v) is 13.2. The Balaban J connectivity index is 1.39. The number of aliphatic hydroxyl groups excluding tert-OH is 1. The number of alkyl halides is 4. The zero-order valence-electron chi connectivity index (χ0n) is 21.8. The molecule has 4 heterocycles. The molecule has 0 bridgehead atoms. The minimum Gasteiger partial charge on any atom is -0.388 e. The van der Waals surface area contributed by atoms with Crippen LogP contribution in [0.4, 0.5) is 39.7 Å². The molecule has 5 rings (SSSR count). The Kier molecular flexibility index (Phi) is 7.86. The predicted octanol–water partition coefficient (Wildman–Crippen LogP) is 4.22. The Morgan fingerprint density at radius 3 is 2.46 bits per heavy atom. The number of rotatable bonds is 5. The number of hydrogen-bond acceptors (Lipinski definition) is 6. The number of aromatic nitrogens is 1. The molecule has 3 atom stereocenters. The van der Waals surface area contributed by atoms with Gasteiger partial charge in [0, 0.05) is 44.8 Å². The molecule has 3 aliphatic rings. The number of likely N-dealkylation sites (tertiary alicyclic amines) is 1. The number of β-amino-alcohol motifs (C(OH)–C–C–N with tert-alkyl or cyclic N) is 1. The van der Waals surface area contributed by atoms with E-state index in [9.17, 15) is 27.5 Å². The molecule has 3 fully saturated rings. The highest BCUT2D eigenvalue weighted by Gasteiger charge is 2.36. The zero-order valence-corrected chi connectivity index (χ0v) is 21.8. The third-order valence-corrected chi connectivity index (χ3v) is 7.57. The molecule has 1 aromatic heterocycles. The molecule has 12 heteroatoms. The van der Waals surface area contributed by atoms with E-state index in [4.69, 9.17) is 9.72 Å². The number of hydrogen-bond donors (Lipinski definition) is 2. The normalized spacial score (nSPS) is 23.9. The van der Waals surface area contributed by atoms with Crippen LogP contribution in [0.3, 0.4) is 0 Å². The molecule has 0 saturated carbocycles. The molecule has 212 valence electrons. The molecule has 39 heavy (non-hydrogen) atoms. The van der Waals surface area contributed by atoms with Crippen LogP contribution in [0.2, 0.25) is 0 Å². The van der Waals surface area contributed by atoms with Crippen molar-refractivity contribution in [3.63, 3.8) is 0 Å². The number of carbonyl (C=O) groups excluding carboxylic acids is 1. The number of ether oxygens (including phenoxy) is 1. The Hall–Kier alpha value is -3.12. The van der Waals surface area contributed by atoms with Crippen LogP contribution in [0.5, 0.6) is 0 Å². The highest BCUT2D eigenvalue weighted by molar-refractivity contribution is 5.91. The first-order valence-electron chi connectivity index (χ1n) is 13.2. The topological polar surface area (TPSA) is 81.2 Å². The number of carbonyl (C=O) groups is 1. The summed E-state index contributed by atoms with van der Waals surface area (Å²) in [4.78, 5) is 22.9. The lowest BCUT2D eigenvalue weighted by Gasteiger charge is -2.29. The van der Waals surface area contributed by atoms with Crippen LogP contribution in [-0.4, -0.2) is 92.0 Å². The maximum absolute atomic E-state index is 14.2. The number of nitrogens with zero attached hydrogens (tertiary/aromatic N) is 4. The van der Waals surface area contributed by atoms with Crippen molar-refractivity contribution in [2.45, 2.75) is 38.2 Å². The van der Waals surface area contributed by atoms with Gasteiger partial charge in [0.25, 0.3) is 0 Å². The summed E-state index contributed by atoms with van der Waals surface area (Å²) >= 11 is 0. The van der Waals surface area contributed by atoms with Crippen LogP contribution in [0.25, 0.3) is 11.1 Å². The first kappa shape index (κ1) is 27.4. The fourth-order valence-corrected chi connectivity index (χ4v) is 5.43. The summed E-state index contributed by atoms with van der Waals surface area (Å²) in [5.74, 6) is 0.671. The molecule has 1 aromatic carbocycles. The van der Waals surface area contributed by atoms with Gasteiger partial charge in [-0.2, -0.15) is 13.2 Å². The van der Waals surface area contributed by atoms with Crippen LogP contribution >= 0.6 is 0 Å². The summed E-state index contributed by atoms with van der Waals surface area (Å²) in [6.07, 6.45) is -7.25. The van der Waals surface area contributed by atoms with Gasteiger partial charge in [-0.25, -0.2) is 14.2 Å². The van der Waals surface area contributed by atoms with Crippen molar-refractivity contribution < 1.29 is 32.2 Å². The average molecular weight is 552 g/mol. The molecule has 0 unspecified atom stereocenters. The molecule has 2 amide bonds. The number of morpholine rings is 1. The summed E-state index contributed by atoms with van der Waals surface area (Å²) in [5, 5.41) is 12.8. The summed E-state index contributed by atoms with van der Waals surface area (Å²) in [6.45, 7) is 4.91. The Morgan fingerprint density at radius 2 is 1.79 bits per heavy atom. The van der Waals surface area contributed by atoms with Gasteiger partial charge in [0.1, 0.15) is 23.9 Å². The molecule has 0 spiro atoms. The summed E-state index contributed by atoms with van der Waals surface area (Å²) < 4.78 is 57.9. The number of halogens is 4. The smallest absolute Gasteiger partial charge is 0.388 e. The molecule has 0 radical (unpaired) electrons. The number of aliphatic hydroxyl groups is 1. The van der Waals surface area contributed by atoms with E-state index in [2.05, 4.69) is 10.2 Å². The van der Waals surface area contributed by atoms with Crippen molar-refractivity contribution in [1.29, 1.82) is 0 Å². The summed E-state index contributed by atoms with van der Waals surface area (Å²) in [7, 11) is 0. The lowest BCUT2D eigenvalue weighted by Crippen LogP contribution is -2.37. The molecule has 2 N–H and O–H groups in total. The van der Waals surface area contributed by atoms with Gasteiger partial charge >= 0.3 is 12.2 Å². The van der Waals surface area contributed by atoms with Gasteiger partial charge in [-0.15, -0.1) is 0 Å². The van der Waals surface area contributed by atoms with Gasteiger partial charge in [-0.1, -0.05) is 6.07 Å². The number of pyridine rings is 1. The van der Waals surface area contributed by atoms with E-state index >= 15 is 0 Å². The number of benzene rings is 1. The van der Waals surface area contributed by atoms with Crippen LogP contribution in [0.1, 0.15) is 18.4 Å². The fraction of sp³-hybridized carbons (Fsp3) is 0.556. The van der Waals surface area contributed by atoms with Crippen LogP contribution in [0, 0.1) is 12.8 Å². The lowest BCUT2D eigenvalue weighted by atomic mass is 10.00. The molecule has 8 nitrogen and oxygen atoms in total. The number of amides is 2. The summed E-state index contributed by atoms with van der Waals surface area (Å²) in [6, 6.07) is 8.83. The molecular formula is C27H33F4N5O3. The van der Waals surface area contributed by atoms with Crippen molar-refractivity contribution >= 4 is 23.4 Å². The second-order valence-corrected chi connectivity index (χ2v) is 10.5. The van der Waals surface area contributed by atoms with Gasteiger partial charge in [0.15, 0.2) is 0 Å². The van der Waals surface area contributed by atoms with E-state index in [0.717, 1.165) is 16.7 Å². The van der Waals surface area contributed by atoms with Gasteiger partial charge in [-0.3, -0.25) is 0 Å². The molecule has 2 aromatic rings. The van der Waals surface area contributed by atoms with Gasteiger partial charge in [0.05, 0.1) is 19.8 Å². The Labute approximate surface area is 224 Å². The van der Waals surface area contributed by atoms with E-state index in [0.29, 0.717) is 50.0 Å². The largest absolute Gasteiger partial charge is 0.389 e. The third-order valence-electron chi connectivity index (χ3n) is 7.57. The average Bonchev–Trinajstić information content (AvgIpc) is 3.50.